The van der Waals surface area contributed by atoms with E-state index in [0.717, 1.165) is 0 Å². The van der Waals surface area contributed by atoms with Crippen molar-refractivity contribution in [2.45, 2.75) is 18.2 Å². The van der Waals surface area contributed by atoms with Gasteiger partial charge >= 0.3 is 6.36 Å². The summed E-state index contributed by atoms with van der Waals surface area (Å²) in [6.07, 6.45) is -4.59. The highest BCUT2D eigenvalue weighted by Gasteiger charge is 2.34. The molecule has 0 saturated carbocycles. The second-order valence-electron chi connectivity index (χ2n) is 5.44. The van der Waals surface area contributed by atoms with E-state index in [2.05, 4.69) is 4.74 Å². The van der Waals surface area contributed by atoms with Crippen LogP contribution in [0.1, 0.15) is 5.56 Å². The zero-order chi connectivity index (χ0) is 17.7. The molecule has 4 radical (unpaired) electrons. The van der Waals surface area contributed by atoms with Gasteiger partial charge in [0.25, 0.3) is 0 Å². The number of rotatable bonds is 2. The summed E-state index contributed by atoms with van der Waals surface area (Å²) in [6.45, 7) is 0. The molecule has 0 aromatic heterocycles. The molecule has 0 bridgehead atoms. The van der Waals surface area contributed by atoms with Crippen LogP contribution in [0.5, 0.6) is 11.5 Å². The van der Waals surface area contributed by atoms with Gasteiger partial charge in [-0.1, -0.05) is 23.7 Å². The Labute approximate surface area is 143 Å². The first kappa shape index (κ1) is 16.9. The van der Waals surface area contributed by atoms with E-state index in [0.29, 0.717) is 33.1 Å². The molecular weight excluding hydrogens is 340 g/mol. The van der Waals surface area contributed by atoms with E-state index in [1.165, 1.54) is 24.3 Å². The number of alkyl halides is 3. The summed E-state index contributed by atoms with van der Waals surface area (Å²) in [5.41, 5.74) is 7.83. The Bertz CT molecular complexity index is 795. The molecule has 0 unspecified atom stereocenters. The number of ether oxygens (including phenoxy) is 2. The third-order valence-corrected chi connectivity index (χ3v) is 3.93. The molecule has 0 spiro atoms. The Hall–Kier alpha value is -1.95. The minimum atomic E-state index is -4.75. The summed E-state index contributed by atoms with van der Waals surface area (Å²) in [5.74, 6) is 0.0291. The van der Waals surface area contributed by atoms with E-state index in [4.69, 9.17) is 37.8 Å². The molecule has 24 heavy (non-hydrogen) atoms. The lowest BCUT2D eigenvalue weighted by molar-refractivity contribution is -0.274. The van der Waals surface area contributed by atoms with Gasteiger partial charge < -0.3 is 15.2 Å². The van der Waals surface area contributed by atoms with Crippen molar-refractivity contribution < 1.29 is 22.6 Å². The molecular formula is C15H9B2ClF3NO2. The van der Waals surface area contributed by atoms with Crippen LogP contribution >= 0.6 is 11.6 Å². The van der Waals surface area contributed by atoms with Gasteiger partial charge in [-0.2, -0.15) is 0 Å². The Morgan fingerprint density at radius 1 is 1.21 bits per heavy atom. The van der Waals surface area contributed by atoms with Crippen LogP contribution in [-0.4, -0.2) is 27.5 Å². The molecule has 2 aromatic rings. The number of benzene rings is 2. The maximum Gasteiger partial charge on any atom is 0.573 e. The van der Waals surface area contributed by atoms with E-state index in [1.807, 2.05) is 0 Å². The van der Waals surface area contributed by atoms with Crippen LogP contribution in [0.3, 0.4) is 0 Å². The Morgan fingerprint density at radius 2 is 1.83 bits per heavy atom. The molecule has 0 atom stereocenters. The zero-order valence-electron chi connectivity index (χ0n) is 12.2. The van der Waals surface area contributed by atoms with E-state index in [1.54, 1.807) is 6.07 Å². The van der Waals surface area contributed by atoms with Gasteiger partial charge in [0.05, 0.1) is 10.7 Å². The van der Waals surface area contributed by atoms with E-state index in [-0.39, 0.29) is 12.2 Å². The fourth-order valence-corrected chi connectivity index (χ4v) is 2.76. The standard InChI is InChI=1S/C15H9B2ClF3NO2/c16-14(17)6-10-12(18)11(22)5-9(13(10)24-14)7-1-3-8(4-2-7)23-15(19,20)21/h1-5H,6,22H2. The molecule has 2 N–H and O–H groups in total. The van der Waals surface area contributed by atoms with Crippen LogP contribution in [0.4, 0.5) is 18.9 Å². The molecule has 2 aromatic carbocycles. The Balaban J connectivity index is 2.02. The van der Waals surface area contributed by atoms with Crippen molar-refractivity contribution in [2.24, 2.45) is 0 Å². The normalized spacial score (nSPS) is 15.7. The quantitative estimate of drug-likeness (QED) is 0.668. The van der Waals surface area contributed by atoms with Gasteiger partial charge in [0.15, 0.2) is 0 Å². The molecule has 0 saturated heterocycles. The largest absolute Gasteiger partial charge is 0.573 e. The number of fused-ring (bicyclic) bond motifs is 1. The van der Waals surface area contributed by atoms with Crippen LogP contribution in [-0.2, 0) is 6.42 Å². The second-order valence-corrected chi connectivity index (χ2v) is 5.82. The summed E-state index contributed by atoms with van der Waals surface area (Å²) in [6, 6.07) is 6.82. The summed E-state index contributed by atoms with van der Waals surface area (Å²) >= 11 is 6.16. The predicted molar refractivity (Wildman–Crippen MR) is 86.6 cm³/mol. The lowest BCUT2D eigenvalue weighted by Crippen LogP contribution is -2.35. The van der Waals surface area contributed by atoms with Crippen LogP contribution < -0.4 is 15.2 Å². The molecule has 0 amide bonds. The van der Waals surface area contributed by atoms with E-state index >= 15 is 0 Å². The SMILES string of the molecule is [B]C1([B])Cc2c(Cl)c(N)cc(-c3ccc(OC(F)(F)F)cc3)c2O1. The highest BCUT2D eigenvalue weighted by Crippen LogP contribution is 2.46. The number of nitrogen functional groups attached to an aromatic ring is 1. The first-order chi connectivity index (χ1) is 11.1. The van der Waals surface area contributed by atoms with Crippen molar-refractivity contribution in [1.82, 2.24) is 0 Å². The maximum atomic E-state index is 12.2. The Kier molecular flexibility index (Phi) is 3.91. The van der Waals surface area contributed by atoms with E-state index in [9.17, 15) is 13.2 Å². The number of halogens is 4. The smallest absolute Gasteiger partial charge is 0.506 e. The molecule has 1 aliphatic heterocycles. The van der Waals surface area contributed by atoms with Crippen molar-refractivity contribution in [3.63, 3.8) is 0 Å². The van der Waals surface area contributed by atoms with Gasteiger partial charge in [0, 0.05) is 16.5 Å². The molecule has 1 heterocycles. The summed E-state index contributed by atoms with van der Waals surface area (Å²) in [4.78, 5) is 0. The third kappa shape index (κ3) is 3.29. The lowest BCUT2D eigenvalue weighted by atomic mass is 9.63. The van der Waals surface area contributed by atoms with Crippen molar-refractivity contribution in [3.05, 3.63) is 40.9 Å². The van der Waals surface area contributed by atoms with Crippen molar-refractivity contribution in [3.8, 4) is 22.6 Å². The topological polar surface area (TPSA) is 44.5 Å². The van der Waals surface area contributed by atoms with Gasteiger partial charge in [-0.15, -0.1) is 13.2 Å². The highest BCUT2D eigenvalue weighted by molar-refractivity contribution is 6.40. The maximum absolute atomic E-state index is 12.2. The monoisotopic (exact) mass is 349 g/mol. The van der Waals surface area contributed by atoms with Gasteiger partial charge in [-0.3, -0.25) is 0 Å². The first-order valence-electron chi connectivity index (χ1n) is 6.79. The average molecular weight is 349 g/mol. The zero-order valence-corrected chi connectivity index (χ0v) is 12.9. The number of hydrogen-bond acceptors (Lipinski definition) is 3. The lowest BCUT2D eigenvalue weighted by Gasteiger charge is -2.19. The van der Waals surface area contributed by atoms with Gasteiger partial charge in [0.1, 0.15) is 27.2 Å². The molecule has 0 fully saturated rings. The fraction of sp³-hybridized carbons (Fsp3) is 0.200. The highest BCUT2D eigenvalue weighted by atomic mass is 35.5. The molecule has 1 aliphatic rings. The van der Waals surface area contributed by atoms with Gasteiger partial charge in [-0.25, -0.2) is 0 Å². The Morgan fingerprint density at radius 3 is 2.42 bits per heavy atom. The van der Waals surface area contributed by atoms with Crippen LogP contribution in [0, 0.1) is 0 Å². The van der Waals surface area contributed by atoms with Gasteiger partial charge in [0.2, 0.25) is 0 Å². The van der Waals surface area contributed by atoms with Crippen molar-refractivity contribution in [1.29, 1.82) is 0 Å². The summed E-state index contributed by atoms with van der Waals surface area (Å²) in [7, 11) is 11.6. The molecule has 3 rings (SSSR count). The van der Waals surface area contributed by atoms with Crippen molar-refractivity contribution >= 4 is 33.0 Å². The number of nitrogens with two attached hydrogens (primary N) is 1. The molecule has 120 valence electrons. The summed E-state index contributed by atoms with van der Waals surface area (Å²) < 4.78 is 46.1. The molecule has 9 heteroatoms. The molecule has 0 aliphatic carbocycles. The predicted octanol–water partition coefficient (Wildman–Crippen LogP) is 3.41. The number of hydrogen-bond donors (Lipinski definition) is 1. The van der Waals surface area contributed by atoms with Crippen LogP contribution in [0.25, 0.3) is 11.1 Å². The minimum Gasteiger partial charge on any atom is -0.506 e. The second kappa shape index (κ2) is 5.55. The van der Waals surface area contributed by atoms with Crippen LogP contribution in [0.15, 0.2) is 30.3 Å². The number of anilines is 1. The minimum absolute atomic E-state index is 0.161. The first-order valence-corrected chi connectivity index (χ1v) is 7.17. The summed E-state index contributed by atoms with van der Waals surface area (Å²) in [5, 5.41) is -1.13. The van der Waals surface area contributed by atoms with Crippen molar-refractivity contribution in [2.75, 3.05) is 5.73 Å². The van der Waals surface area contributed by atoms with E-state index < -0.39 is 11.8 Å². The average Bonchev–Trinajstić information content (AvgIpc) is 2.78. The third-order valence-electron chi connectivity index (χ3n) is 3.48. The van der Waals surface area contributed by atoms with Gasteiger partial charge in [-0.05, 0) is 30.2 Å². The fourth-order valence-electron chi connectivity index (χ4n) is 2.55. The molecule has 3 nitrogen and oxygen atoms in total. The van der Waals surface area contributed by atoms with Crippen LogP contribution in [0.2, 0.25) is 5.02 Å².